The first kappa shape index (κ1) is 12.0. The van der Waals surface area contributed by atoms with Gasteiger partial charge in [-0.1, -0.05) is 6.08 Å². The van der Waals surface area contributed by atoms with Gasteiger partial charge in [0, 0.05) is 17.7 Å². The van der Waals surface area contributed by atoms with Crippen molar-refractivity contribution in [1.82, 2.24) is 4.90 Å². The van der Waals surface area contributed by atoms with Crippen molar-refractivity contribution in [1.29, 1.82) is 0 Å². The Kier molecular flexibility index (Phi) is 2.61. The molecule has 1 atom stereocenters. The lowest BCUT2D eigenvalue weighted by molar-refractivity contribution is 0.0476. The molecule has 1 heterocycles. The lowest BCUT2D eigenvalue weighted by Gasteiger charge is -2.47. The second-order valence-electron chi connectivity index (χ2n) is 6.96. The van der Waals surface area contributed by atoms with Gasteiger partial charge in [-0.15, -0.1) is 0 Å². The molecule has 1 N–H and O–H groups in total. The summed E-state index contributed by atoms with van der Waals surface area (Å²) in [5, 5.41) is 9.48. The van der Waals surface area contributed by atoms with Crippen molar-refractivity contribution < 1.29 is 5.11 Å². The van der Waals surface area contributed by atoms with Crippen LogP contribution in [0.2, 0.25) is 0 Å². The zero-order chi connectivity index (χ0) is 12.0. The maximum absolute atomic E-state index is 9.48. The predicted octanol–water partition coefficient (Wildman–Crippen LogP) is 2.93. The van der Waals surface area contributed by atoms with Gasteiger partial charge in [-0.25, -0.2) is 0 Å². The molecule has 1 aliphatic heterocycles. The van der Waals surface area contributed by atoms with Gasteiger partial charge in [-0.05, 0) is 65.0 Å². The molecule has 16 heavy (non-hydrogen) atoms. The van der Waals surface area contributed by atoms with Crippen LogP contribution in [0.25, 0.3) is 0 Å². The molecule has 92 valence electrons. The second kappa shape index (κ2) is 3.49. The Hall–Kier alpha value is -0.500. The molecule has 2 nitrogen and oxygen atoms in total. The van der Waals surface area contributed by atoms with E-state index in [-0.39, 0.29) is 16.5 Å². The van der Waals surface area contributed by atoms with Crippen LogP contribution in [0.1, 0.15) is 53.4 Å². The lowest BCUT2D eigenvalue weighted by Crippen LogP contribution is -2.51. The van der Waals surface area contributed by atoms with Crippen LogP contribution in [0.15, 0.2) is 12.3 Å². The van der Waals surface area contributed by atoms with Crippen LogP contribution < -0.4 is 0 Å². The largest absolute Gasteiger partial charge is 0.396 e. The average Bonchev–Trinajstić information content (AvgIpc) is 2.80. The third kappa shape index (κ3) is 2.00. The maximum Gasteiger partial charge on any atom is 0.0488 e. The summed E-state index contributed by atoms with van der Waals surface area (Å²) in [5.41, 5.74) is 0.620. The number of aliphatic hydroxyl groups is 1. The smallest absolute Gasteiger partial charge is 0.0488 e. The van der Waals surface area contributed by atoms with Gasteiger partial charge in [-0.3, -0.25) is 0 Å². The number of nitrogens with zero attached hydrogens (tertiary/aromatic N) is 1. The van der Waals surface area contributed by atoms with Gasteiger partial charge in [0.05, 0.1) is 0 Å². The van der Waals surface area contributed by atoms with E-state index in [0.29, 0.717) is 6.61 Å². The van der Waals surface area contributed by atoms with Crippen molar-refractivity contribution in [3.8, 4) is 0 Å². The highest BCUT2D eigenvalue weighted by atomic mass is 16.3. The molecule has 2 rings (SSSR count). The zero-order valence-corrected chi connectivity index (χ0v) is 11.1. The minimum Gasteiger partial charge on any atom is -0.396 e. The standard InChI is InChI=1S/C14H25NO/c1-12(2,3)15-9-5-6-13(15,4)10-14(11-16)7-8-14/h5,9,16H,6-8,10-11H2,1-4H3. The van der Waals surface area contributed by atoms with Gasteiger partial charge < -0.3 is 10.0 Å². The van der Waals surface area contributed by atoms with Crippen LogP contribution in [0.3, 0.4) is 0 Å². The molecule has 0 aromatic heterocycles. The van der Waals surface area contributed by atoms with E-state index in [0.717, 1.165) is 12.8 Å². The summed E-state index contributed by atoms with van der Waals surface area (Å²) < 4.78 is 0. The first-order valence-electron chi connectivity index (χ1n) is 6.38. The van der Waals surface area contributed by atoms with E-state index >= 15 is 0 Å². The van der Waals surface area contributed by atoms with E-state index in [1.807, 2.05) is 0 Å². The summed E-state index contributed by atoms with van der Waals surface area (Å²) >= 11 is 0. The highest BCUT2D eigenvalue weighted by molar-refractivity contribution is 5.13. The van der Waals surface area contributed by atoms with Crippen molar-refractivity contribution in [3.05, 3.63) is 12.3 Å². The Balaban J connectivity index is 2.12. The van der Waals surface area contributed by atoms with E-state index in [4.69, 9.17) is 0 Å². The van der Waals surface area contributed by atoms with Crippen LogP contribution in [-0.4, -0.2) is 27.7 Å². The number of hydrogen-bond acceptors (Lipinski definition) is 2. The Morgan fingerprint density at radius 1 is 1.31 bits per heavy atom. The zero-order valence-electron chi connectivity index (χ0n) is 11.1. The lowest BCUT2D eigenvalue weighted by atomic mass is 9.82. The van der Waals surface area contributed by atoms with Crippen molar-refractivity contribution in [2.24, 2.45) is 5.41 Å². The van der Waals surface area contributed by atoms with Crippen LogP contribution in [0, 0.1) is 5.41 Å². The number of aliphatic hydroxyl groups excluding tert-OH is 1. The van der Waals surface area contributed by atoms with E-state index in [2.05, 4.69) is 44.9 Å². The quantitative estimate of drug-likeness (QED) is 0.795. The molecule has 1 saturated carbocycles. The minimum atomic E-state index is 0.174. The molecule has 0 aromatic carbocycles. The first-order chi connectivity index (χ1) is 7.31. The van der Waals surface area contributed by atoms with E-state index < -0.39 is 0 Å². The summed E-state index contributed by atoms with van der Waals surface area (Å²) in [6.45, 7) is 9.49. The van der Waals surface area contributed by atoms with E-state index in [1.165, 1.54) is 12.8 Å². The Morgan fingerprint density at radius 2 is 1.94 bits per heavy atom. The Morgan fingerprint density at radius 3 is 2.38 bits per heavy atom. The van der Waals surface area contributed by atoms with Crippen LogP contribution in [-0.2, 0) is 0 Å². The fourth-order valence-electron chi connectivity index (χ4n) is 3.26. The van der Waals surface area contributed by atoms with E-state index in [1.54, 1.807) is 0 Å². The van der Waals surface area contributed by atoms with Crippen LogP contribution in [0.5, 0.6) is 0 Å². The van der Waals surface area contributed by atoms with Gasteiger partial charge >= 0.3 is 0 Å². The topological polar surface area (TPSA) is 23.5 Å². The number of hydrogen-bond donors (Lipinski definition) is 1. The predicted molar refractivity (Wildman–Crippen MR) is 67.1 cm³/mol. The molecule has 0 saturated heterocycles. The van der Waals surface area contributed by atoms with Crippen molar-refractivity contribution >= 4 is 0 Å². The van der Waals surface area contributed by atoms with Gasteiger partial charge in [0.2, 0.25) is 0 Å². The molecule has 0 aromatic rings. The van der Waals surface area contributed by atoms with Gasteiger partial charge in [-0.2, -0.15) is 0 Å². The molecule has 1 unspecified atom stereocenters. The summed E-state index contributed by atoms with van der Waals surface area (Å²) in [7, 11) is 0. The maximum atomic E-state index is 9.48. The number of rotatable bonds is 3. The van der Waals surface area contributed by atoms with Gasteiger partial charge in [0.1, 0.15) is 0 Å². The van der Waals surface area contributed by atoms with Crippen LogP contribution in [0.4, 0.5) is 0 Å². The molecule has 0 amide bonds. The Bertz CT molecular complexity index is 298. The fourth-order valence-corrected chi connectivity index (χ4v) is 3.26. The normalized spacial score (nSPS) is 32.2. The molecule has 1 fully saturated rings. The molecule has 0 bridgehead atoms. The monoisotopic (exact) mass is 223 g/mol. The van der Waals surface area contributed by atoms with Gasteiger partial charge in [0.25, 0.3) is 0 Å². The fraction of sp³-hybridized carbons (Fsp3) is 0.857. The molecular formula is C14H25NO. The summed E-state index contributed by atoms with van der Waals surface area (Å²) in [6.07, 6.45) is 9.17. The molecular weight excluding hydrogens is 198 g/mol. The first-order valence-corrected chi connectivity index (χ1v) is 6.38. The highest BCUT2D eigenvalue weighted by Gasteiger charge is 2.50. The van der Waals surface area contributed by atoms with E-state index in [9.17, 15) is 5.11 Å². The summed E-state index contributed by atoms with van der Waals surface area (Å²) in [4.78, 5) is 2.48. The molecule has 1 aliphatic carbocycles. The SMILES string of the molecule is CC(C)(C)N1C=CCC1(C)CC1(CO)CC1. The molecule has 2 aliphatic rings. The Labute approximate surface area is 99.3 Å². The second-order valence-corrected chi connectivity index (χ2v) is 6.96. The third-order valence-corrected chi connectivity index (χ3v) is 4.16. The molecule has 2 heteroatoms. The van der Waals surface area contributed by atoms with Crippen molar-refractivity contribution in [2.75, 3.05) is 6.61 Å². The summed E-state index contributed by atoms with van der Waals surface area (Å²) in [5.74, 6) is 0. The van der Waals surface area contributed by atoms with Crippen molar-refractivity contribution in [2.45, 2.75) is 64.5 Å². The van der Waals surface area contributed by atoms with Gasteiger partial charge in [0.15, 0.2) is 0 Å². The molecule has 0 spiro atoms. The average molecular weight is 223 g/mol. The highest BCUT2D eigenvalue weighted by Crippen LogP contribution is 2.54. The molecule has 0 radical (unpaired) electrons. The third-order valence-electron chi connectivity index (χ3n) is 4.16. The minimum absolute atomic E-state index is 0.174. The van der Waals surface area contributed by atoms with Crippen molar-refractivity contribution in [3.63, 3.8) is 0 Å². The summed E-state index contributed by atoms with van der Waals surface area (Å²) in [6, 6.07) is 0. The van der Waals surface area contributed by atoms with Crippen LogP contribution >= 0.6 is 0 Å².